The first-order chi connectivity index (χ1) is 8.39. The van der Waals surface area contributed by atoms with Gasteiger partial charge in [-0.05, 0) is 30.5 Å². The lowest BCUT2D eigenvalue weighted by Crippen LogP contribution is -2.24. The highest BCUT2D eigenvalue weighted by Crippen LogP contribution is 2.52. The Balaban J connectivity index is 2.21. The van der Waals surface area contributed by atoms with Crippen molar-refractivity contribution in [1.29, 1.82) is 0 Å². The molecule has 0 radical (unpaired) electrons. The van der Waals surface area contributed by atoms with Gasteiger partial charge in [-0.1, -0.05) is 12.1 Å². The van der Waals surface area contributed by atoms with Gasteiger partial charge in [0.25, 0.3) is 0 Å². The van der Waals surface area contributed by atoms with Gasteiger partial charge in [0.1, 0.15) is 0 Å². The minimum atomic E-state index is -3.08. The average molecular weight is 268 g/mol. The molecule has 0 aliphatic heterocycles. The molecule has 2 amide bonds. The van der Waals surface area contributed by atoms with E-state index in [1.165, 1.54) is 13.3 Å². The minimum Gasteiger partial charge on any atom is -0.341 e. The second-order valence-corrected chi connectivity index (χ2v) is 6.87. The highest BCUT2D eigenvalue weighted by molar-refractivity contribution is 7.92. The maximum absolute atomic E-state index is 11.7. The molecule has 1 fully saturated rings. The monoisotopic (exact) mass is 268 g/mol. The molecule has 0 aromatic heterocycles. The third-order valence-corrected chi connectivity index (χ3v) is 5.37. The van der Waals surface area contributed by atoms with Gasteiger partial charge in [0.2, 0.25) is 0 Å². The van der Waals surface area contributed by atoms with E-state index < -0.39 is 14.6 Å². The van der Waals surface area contributed by atoms with Crippen LogP contribution in [0.1, 0.15) is 18.4 Å². The summed E-state index contributed by atoms with van der Waals surface area (Å²) in [6, 6.07) is 6.66. The Morgan fingerprint density at radius 3 is 2.17 bits per heavy atom. The molecule has 0 unspecified atom stereocenters. The fourth-order valence-electron chi connectivity index (χ4n) is 2.04. The van der Waals surface area contributed by atoms with Crippen LogP contribution >= 0.6 is 0 Å². The number of sulfone groups is 1. The molecule has 0 heterocycles. The standard InChI is InChI=1S/C12H16N2O3S/c1-13-11(15)14-10-5-3-9(4-6-10)12(7-8-12)18(2,16)17/h3-6H,7-8H2,1-2H3,(H2,13,14,15). The van der Waals surface area contributed by atoms with Crippen molar-refractivity contribution in [1.82, 2.24) is 5.32 Å². The van der Waals surface area contributed by atoms with E-state index in [1.807, 2.05) is 0 Å². The Kier molecular flexibility index (Phi) is 3.06. The Morgan fingerprint density at radius 2 is 1.78 bits per heavy atom. The van der Waals surface area contributed by atoms with E-state index in [9.17, 15) is 13.2 Å². The smallest absolute Gasteiger partial charge is 0.318 e. The van der Waals surface area contributed by atoms with Crippen LogP contribution in [0.25, 0.3) is 0 Å². The van der Waals surface area contributed by atoms with Gasteiger partial charge >= 0.3 is 6.03 Å². The Hall–Kier alpha value is -1.56. The summed E-state index contributed by atoms with van der Waals surface area (Å²) in [7, 11) is -1.55. The third-order valence-electron chi connectivity index (χ3n) is 3.31. The van der Waals surface area contributed by atoms with Crippen molar-refractivity contribution in [3.8, 4) is 0 Å². The fraction of sp³-hybridized carbons (Fsp3) is 0.417. The zero-order valence-electron chi connectivity index (χ0n) is 10.4. The Labute approximate surface area is 107 Å². The Bertz CT molecular complexity index is 559. The summed E-state index contributed by atoms with van der Waals surface area (Å²) in [5.74, 6) is 0. The second-order valence-electron chi connectivity index (χ2n) is 4.55. The molecular formula is C12H16N2O3S. The zero-order chi connectivity index (χ0) is 13.4. The van der Waals surface area contributed by atoms with Crippen LogP contribution in [0.5, 0.6) is 0 Å². The number of urea groups is 1. The summed E-state index contributed by atoms with van der Waals surface area (Å²) in [5, 5.41) is 5.08. The van der Waals surface area contributed by atoms with E-state index >= 15 is 0 Å². The molecule has 2 N–H and O–H groups in total. The molecule has 0 bridgehead atoms. The second kappa shape index (κ2) is 4.28. The lowest BCUT2D eigenvalue weighted by molar-refractivity contribution is 0.254. The maximum Gasteiger partial charge on any atom is 0.318 e. The largest absolute Gasteiger partial charge is 0.341 e. The number of nitrogens with one attached hydrogen (secondary N) is 2. The molecule has 6 heteroatoms. The number of carbonyl (C=O) groups is 1. The van der Waals surface area contributed by atoms with Gasteiger partial charge in [-0.2, -0.15) is 0 Å². The zero-order valence-corrected chi connectivity index (χ0v) is 11.2. The lowest BCUT2D eigenvalue weighted by atomic mass is 10.1. The number of benzene rings is 1. The molecular weight excluding hydrogens is 252 g/mol. The summed E-state index contributed by atoms with van der Waals surface area (Å²) in [5.41, 5.74) is 1.44. The predicted molar refractivity (Wildman–Crippen MR) is 70.3 cm³/mol. The van der Waals surface area contributed by atoms with Crippen molar-refractivity contribution in [2.45, 2.75) is 17.6 Å². The molecule has 2 rings (SSSR count). The molecule has 1 aromatic rings. The average Bonchev–Trinajstić information content (AvgIpc) is 3.10. The van der Waals surface area contributed by atoms with Crippen molar-refractivity contribution < 1.29 is 13.2 Å². The number of carbonyl (C=O) groups excluding carboxylic acids is 1. The van der Waals surface area contributed by atoms with Crippen LogP contribution in [0.4, 0.5) is 10.5 Å². The maximum atomic E-state index is 11.7. The molecule has 0 atom stereocenters. The Morgan fingerprint density at radius 1 is 1.22 bits per heavy atom. The third kappa shape index (κ3) is 2.20. The quantitative estimate of drug-likeness (QED) is 0.871. The van der Waals surface area contributed by atoms with Crippen LogP contribution in [0.2, 0.25) is 0 Å². The lowest BCUT2D eigenvalue weighted by Gasteiger charge is -2.14. The van der Waals surface area contributed by atoms with Crippen molar-refractivity contribution in [2.24, 2.45) is 0 Å². The molecule has 0 saturated heterocycles. The van der Waals surface area contributed by atoms with Crippen molar-refractivity contribution in [3.63, 3.8) is 0 Å². The van der Waals surface area contributed by atoms with E-state index in [-0.39, 0.29) is 6.03 Å². The molecule has 5 nitrogen and oxygen atoms in total. The minimum absolute atomic E-state index is 0.299. The summed E-state index contributed by atoms with van der Waals surface area (Å²) in [6.07, 6.45) is 2.62. The van der Waals surface area contributed by atoms with Crippen LogP contribution in [0.3, 0.4) is 0 Å². The molecule has 1 aliphatic rings. The van der Waals surface area contributed by atoms with Gasteiger partial charge in [0.15, 0.2) is 9.84 Å². The topological polar surface area (TPSA) is 75.3 Å². The van der Waals surface area contributed by atoms with Crippen molar-refractivity contribution in [3.05, 3.63) is 29.8 Å². The van der Waals surface area contributed by atoms with E-state index in [1.54, 1.807) is 24.3 Å². The highest BCUT2D eigenvalue weighted by Gasteiger charge is 2.53. The normalized spacial score (nSPS) is 17.0. The first-order valence-electron chi connectivity index (χ1n) is 5.68. The molecule has 18 heavy (non-hydrogen) atoms. The molecule has 1 aromatic carbocycles. The molecule has 0 spiro atoms. The first kappa shape index (κ1) is 12.9. The van der Waals surface area contributed by atoms with Gasteiger partial charge in [-0.15, -0.1) is 0 Å². The number of anilines is 1. The van der Waals surface area contributed by atoms with Crippen LogP contribution in [0, 0.1) is 0 Å². The highest BCUT2D eigenvalue weighted by atomic mass is 32.2. The summed E-state index contributed by atoms with van der Waals surface area (Å²) in [4.78, 5) is 11.1. The van der Waals surface area contributed by atoms with E-state index in [0.29, 0.717) is 18.5 Å². The number of rotatable bonds is 3. The molecule has 98 valence electrons. The van der Waals surface area contributed by atoms with Gasteiger partial charge in [-0.25, -0.2) is 13.2 Å². The van der Waals surface area contributed by atoms with E-state index in [4.69, 9.17) is 0 Å². The van der Waals surface area contributed by atoms with Crippen molar-refractivity contribution >= 4 is 21.6 Å². The molecule has 1 saturated carbocycles. The molecule has 1 aliphatic carbocycles. The summed E-state index contributed by atoms with van der Waals surface area (Å²) in [6.45, 7) is 0. The fourth-order valence-corrected chi connectivity index (χ4v) is 3.45. The number of hydrogen-bond donors (Lipinski definition) is 2. The first-order valence-corrected chi connectivity index (χ1v) is 7.57. The number of amides is 2. The van der Waals surface area contributed by atoms with Crippen LogP contribution < -0.4 is 10.6 Å². The van der Waals surface area contributed by atoms with Gasteiger partial charge < -0.3 is 10.6 Å². The van der Waals surface area contributed by atoms with Crippen LogP contribution in [-0.4, -0.2) is 27.8 Å². The van der Waals surface area contributed by atoms with Crippen LogP contribution in [0.15, 0.2) is 24.3 Å². The predicted octanol–water partition coefficient (Wildman–Crippen LogP) is 1.47. The summed E-state index contributed by atoms with van der Waals surface area (Å²) < 4.78 is 22.8. The van der Waals surface area contributed by atoms with Gasteiger partial charge in [0, 0.05) is 19.0 Å². The van der Waals surface area contributed by atoms with E-state index in [0.717, 1.165) is 5.56 Å². The van der Waals surface area contributed by atoms with E-state index in [2.05, 4.69) is 10.6 Å². The van der Waals surface area contributed by atoms with Crippen molar-refractivity contribution in [2.75, 3.05) is 18.6 Å². The summed E-state index contributed by atoms with van der Waals surface area (Å²) >= 11 is 0. The SMILES string of the molecule is CNC(=O)Nc1ccc(C2(S(C)(=O)=O)CC2)cc1. The number of hydrogen-bond acceptors (Lipinski definition) is 3. The van der Waals surface area contributed by atoms with Gasteiger partial charge in [0.05, 0.1) is 4.75 Å². The van der Waals surface area contributed by atoms with Crippen LogP contribution in [-0.2, 0) is 14.6 Å². The van der Waals surface area contributed by atoms with Gasteiger partial charge in [-0.3, -0.25) is 0 Å².